The number of likely N-dealkylation sites (tertiary alicyclic amines) is 1. The Bertz CT molecular complexity index is 586. The van der Waals surface area contributed by atoms with Crippen molar-refractivity contribution in [2.24, 2.45) is 0 Å². The van der Waals surface area contributed by atoms with Gasteiger partial charge in [-0.05, 0) is 18.9 Å². The van der Waals surface area contributed by atoms with Gasteiger partial charge in [0, 0.05) is 24.4 Å². The standard InChI is InChI=1S/C12H13N3O5/c13-9-4-3-7(15(19)20)6-8(9)11(16)14-5-1-2-10(14)12(17)18/h3-4,6,10H,1-2,5,13H2,(H,17,18). The third-order valence-electron chi connectivity index (χ3n) is 3.28. The lowest BCUT2D eigenvalue weighted by atomic mass is 10.1. The van der Waals surface area contributed by atoms with E-state index in [4.69, 9.17) is 10.8 Å². The van der Waals surface area contributed by atoms with Gasteiger partial charge in [0.2, 0.25) is 0 Å². The summed E-state index contributed by atoms with van der Waals surface area (Å²) in [4.78, 5) is 34.7. The van der Waals surface area contributed by atoms with Crippen molar-refractivity contribution in [1.82, 2.24) is 4.90 Å². The molecule has 1 aromatic rings. The molecule has 3 N–H and O–H groups in total. The van der Waals surface area contributed by atoms with Crippen molar-refractivity contribution in [3.05, 3.63) is 33.9 Å². The maximum Gasteiger partial charge on any atom is 0.326 e. The van der Waals surface area contributed by atoms with Crippen molar-refractivity contribution >= 4 is 23.3 Å². The number of carbonyl (C=O) groups is 2. The summed E-state index contributed by atoms with van der Waals surface area (Å²) in [5.41, 5.74) is 5.47. The molecule has 1 saturated heterocycles. The van der Waals surface area contributed by atoms with Gasteiger partial charge in [0.25, 0.3) is 11.6 Å². The van der Waals surface area contributed by atoms with Crippen LogP contribution >= 0.6 is 0 Å². The summed E-state index contributed by atoms with van der Waals surface area (Å²) < 4.78 is 0. The van der Waals surface area contributed by atoms with Crippen LogP contribution in [0.2, 0.25) is 0 Å². The molecule has 1 fully saturated rings. The van der Waals surface area contributed by atoms with Gasteiger partial charge in [-0.25, -0.2) is 4.79 Å². The van der Waals surface area contributed by atoms with E-state index in [1.54, 1.807) is 0 Å². The van der Waals surface area contributed by atoms with Crippen LogP contribution in [0.5, 0.6) is 0 Å². The molecule has 0 aliphatic carbocycles. The number of carboxylic acids is 1. The summed E-state index contributed by atoms with van der Waals surface area (Å²) in [6, 6.07) is 2.65. The Kier molecular flexibility index (Phi) is 3.55. The van der Waals surface area contributed by atoms with E-state index in [9.17, 15) is 19.7 Å². The van der Waals surface area contributed by atoms with Crippen LogP contribution in [0.25, 0.3) is 0 Å². The molecule has 20 heavy (non-hydrogen) atoms. The number of hydrogen-bond donors (Lipinski definition) is 2. The Morgan fingerprint density at radius 2 is 2.15 bits per heavy atom. The van der Waals surface area contributed by atoms with E-state index >= 15 is 0 Å². The van der Waals surface area contributed by atoms with E-state index in [0.717, 1.165) is 6.07 Å². The second kappa shape index (κ2) is 5.16. The monoisotopic (exact) mass is 279 g/mol. The number of nitrogen functional groups attached to an aromatic ring is 1. The molecule has 0 bridgehead atoms. The Morgan fingerprint density at radius 1 is 1.45 bits per heavy atom. The number of rotatable bonds is 3. The average molecular weight is 279 g/mol. The number of amides is 1. The number of non-ortho nitro benzene ring substituents is 1. The first-order valence-electron chi connectivity index (χ1n) is 5.99. The number of carboxylic acid groups (broad SMARTS) is 1. The van der Waals surface area contributed by atoms with Gasteiger partial charge in [0.15, 0.2) is 0 Å². The van der Waals surface area contributed by atoms with Crippen molar-refractivity contribution in [2.45, 2.75) is 18.9 Å². The Hall–Kier alpha value is -2.64. The highest BCUT2D eigenvalue weighted by Crippen LogP contribution is 2.25. The minimum atomic E-state index is -1.08. The number of nitrogens with two attached hydrogens (primary N) is 1. The van der Waals surface area contributed by atoms with E-state index < -0.39 is 22.8 Å². The van der Waals surface area contributed by atoms with Crippen LogP contribution in [-0.4, -0.2) is 39.4 Å². The maximum atomic E-state index is 12.3. The van der Waals surface area contributed by atoms with Gasteiger partial charge in [-0.15, -0.1) is 0 Å². The van der Waals surface area contributed by atoms with Gasteiger partial charge < -0.3 is 15.7 Å². The first-order valence-corrected chi connectivity index (χ1v) is 5.99. The maximum absolute atomic E-state index is 12.3. The fourth-order valence-electron chi connectivity index (χ4n) is 2.26. The molecular weight excluding hydrogens is 266 g/mol. The summed E-state index contributed by atoms with van der Waals surface area (Å²) in [5.74, 6) is -1.67. The number of carbonyl (C=O) groups excluding carboxylic acids is 1. The molecule has 1 aliphatic rings. The molecule has 8 nitrogen and oxygen atoms in total. The summed E-state index contributed by atoms with van der Waals surface area (Å²) in [5, 5.41) is 19.8. The van der Waals surface area contributed by atoms with Gasteiger partial charge in [-0.1, -0.05) is 0 Å². The van der Waals surface area contributed by atoms with E-state index in [2.05, 4.69) is 0 Å². The molecule has 0 spiro atoms. The number of nitrogens with zero attached hydrogens (tertiary/aromatic N) is 2. The van der Waals surface area contributed by atoms with E-state index in [-0.39, 0.29) is 16.9 Å². The number of hydrogen-bond acceptors (Lipinski definition) is 5. The van der Waals surface area contributed by atoms with Crippen LogP contribution < -0.4 is 5.73 Å². The lowest BCUT2D eigenvalue weighted by Gasteiger charge is -2.22. The van der Waals surface area contributed by atoms with Gasteiger partial charge in [-0.3, -0.25) is 14.9 Å². The smallest absolute Gasteiger partial charge is 0.326 e. The number of benzene rings is 1. The highest BCUT2D eigenvalue weighted by atomic mass is 16.6. The third-order valence-corrected chi connectivity index (χ3v) is 3.28. The van der Waals surface area contributed by atoms with Crippen LogP contribution in [0.1, 0.15) is 23.2 Å². The minimum Gasteiger partial charge on any atom is -0.480 e. The fraction of sp³-hybridized carbons (Fsp3) is 0.333. The molecule has 106 valence electrons. The summed E-state index contributed by atoms with van der Waals surface area (Å²) in [7, 11) is 0. The van der Waals surface area contributed by atoms with Crippen LogP contribution in [0.4, 0.5) is 11.4 Å². The van der Waals surface area contributed by atoms with Crippen molar-refractivity contribution in [3.8, 4) is 0 Å². The van der Waals surface area contributed by atoms with Crippen LogP contribution in [0, 0.1) is 10.1 Å². The highest BCUT2D eigenvalue weighted by molar-refractivity contribution is 6.01. The first kappa shape index (κ1) is 13.8. The van der Waals surface area contributed by atoms with Crippen LogP contribution in [0.15, 0.2) is 18.2 Å². The fourth-order valence-corrected chi connectivity index (χ4v) is 2.26. The molecule has 0 saturated carbocycles. The molecule has 1 unspecified atom stereocenters. The molecule has 1 heterocycles. The first-order chi connectivity index (χ1) is 9.41. The quantitative estimate of drug-likeness (QED) is 0.480. The van der Waals surface area contributed by atoms with Crippen molar-refractivity contribution in [3.63, 3.8) is 0 Å². The minimum absolute atomic E-state index is 0.0349. The number of nitro benzene ring substituents is 1. The van der Waals surface area contributed by atoms with E-state index in [1.807, 2.05) is 0 Å². The zero-order valence-corrected chi connectivity index (χ0v) is 10.5. The zero-order valence-electron chi connectivity index (χ0n) is 10.5. The molecule has 0 aromatic heterocycles. The predicted octanol–water partition coefficient (Wildman–Crippen LogP) is 0.866. The molecule has 1 amide bonds. The van der Waals surface area contributed by atoms with Crippen molar-refractivity contribution in [1.29, 1.82) is 0 Å². The van der Waals surface area contributed by atoms with Crippen molar-refractivity contribution in [2.75, 3.05) is 12.3 Å². The summed E-state index contributed by atoms with van der Waals surface area (Å²) in [6.07, 6.45) is 0.952. The van der Waals surface area contributed by atoms with Crippen LogP contribution in [-0.2, 0) is 4.79 Å². The SMILES string of the molecule is Nc1ccc([N+](=O)[O-])cc1C(=O)N1CCCC1C(=O)O. The highest BCUT2D eigenvalue weighted by Gasteiger charge is 2.35. The van der Waals surface area contributed by atoms with Gasteiger partial charge >= 0.3 is 5.97 Å². The lowest BCUT2D eigenvalue weighted by Crippen LogP contribution is -2.40. The van der Waals surface area contributed by atoms with Gasteiger partial charge in [0.05, 0.1) is 10.5 Å². The Balaban J connectivity index is 2.35. The van der Waals surface area contributed by atoms with Gasteiger partial charge in [0.1, 0.15) is 6.04 Å². The largest absolute Gasteiger partial charge is 0.480 e. The average Bonchev–Trinajstić information content (AvgIpc) is 2.87. The number of nitro groups is 1. The molecule has 8 heteroatoms. The van der Waals surface area contributed by atoms with Gasteiger partial charge in [-0.2, -0.15) is 0 Å². The Morgan fingerprint density at radius 3 is 2.75 bits per heavy atom. The predicted molar refractivity (Wildman–Crippen MR) is 69.2 cm³/mol. The third kappa shape index (κ3) is 2.40. The number of aliphatic carboxylic acids is 1. The molecule has 2 rings (SSSR count). The second-order valence-electron chi connectivity index (χ2n) is 4.52. The molecule has 1 atom stereocenters. The summed E-state index contributed by atoms with van der Waals surface area (Å²) in [6.45, 7) is 0.304. The summed E-state index contributed by atoms with van der Waals surface area (Å²) >= 11 is 0. The molecule has 1 aromatic carbocycles. The van der Waals surface area contributed by atoms with Crippen molar-refractivity contribution < 1.29 is 19.6 Å². The number of anilines is 1. The lowest BCUT2D eigenvalue weighted by molar-refractivity contribution is -0.384. The normalized spacial score (nSPS) is 18.0. The van der Waals surface area contributed by atoms with E-state index in [1.165, 1.54) is 17.0 Å². The molecular formula is C12H13N3O5. The molecule has 0 radical (unpaired) electrons. The second-order valence-corrected chi connectivity index (χ2v) is 4.52. The topological polar surface area (TPSA) is 127 Å². The molecule has 1 aliphatic heterocycles. The van der Waals surface area contributed by atoms with Crippen LogP contribution in [0.3, 0.4) is 0 Å². The van der Waals surface area contributed by atoms with E-state index in [0.29, 0.717) is 19.4 Å². The zero-order chi connectivity index (χ0) is 14.9. The Labute approximate surface area is 113 Å².